The van der Waals surface area contributed by atoms with Gasteiger partial charge in [-0.15, -0.1) is 0 Å². The largest absolute Gasteiger partial charge is 0.465 e. The Morgan fingerprint density at radius 3 is 2.45 bits per heavy atom. The van der Waals surface area contributed by atoms with E-state index < -0.39 is 11.9 Å². The molecule has 0 saturated carbocycles. The van der Waals surface area contributed by atoms with Crippen LogP contribution < -0.4 is 0 Å². The quantitative estimate of drug-likeness (QED) is 0.283. The van der Waals surface area contributed by atoms with Crippen molar-refractivity contribution in [1.82, 2.24) is 0 Å². The van der Waals surface area contributed by atoms with Crippen LogP contribution in [0.2, 0.25) is 0 Å². The maximum atomic E-state index is 11.8. The zero-order valence-corrected chi connectivity index (χ0v) is 13.6. The molecule has 0 saturated heterocycles. The predicted molar refractivity (Wildman–Crippen MR) is 88.6 cm³/mol. The number of hydrogen-bond acceptors (Lipinski definition) is 3. The van der Waals surface area contributed by atoms with Crippen LogP contribution >= 0.6 is 0 Å². The molecular formula is C19H26O3. The maximum Gasteiger partial charge on any atom is 0.316 e. The van der Waals surface area contributed by atoms with Crippen LogP contribution in [0.15, 0.2) is 42.5 Å². The molecule has 0 radical (unpaired) electrons. The molecule has 1 aromatic rings. The van der Waals surface area contributed by atoms with Crippen molar-refractivity contribution in [2.45, 2.75) is 46.0 Å². The number of unbranched alkanes of at least 4 members (excludes halogenated alkanes) is 1. The molecule has 0 bridgehead atoms. The summed E-state index contributed by atoms with van der Waals surface area (Å²) < 4.78 is 4.95. The molecule has 22 heavy (non-hydrogen) atoms. The van der Waals surface area contributed by atoms with Crippen molar-refractivity contribution in [3.05, 3.63) is 48.0 Å². The summed E-state index contributed by atoms with van der Waals surface area (Å²) in [6.07, 6.45) is 4.38. The van der Waals surface area contributed by atoms with Gasteiger partial charge >= 0.3 is 5.97 Å². The van der Waals surface area contributed by atoms with Crippen molar-refractivity contribution in [3.63, 3.8) is 0 Å². The van der Waals surface area contributed by atoms with Crippen LogP contribution in [-0.2, 0) is 20.7 Å². The molecular weight excluding hydrogens is 276 g/mol. The first kappa shape index (κ1) is 18.1. The van der Waals surface area contributed by atoms with Crippen molar-refractivity contribution < 1.29 is 14.3 Å². The van der Waals surface area contributed by atoms with Crippen molar-refractivity contribution in [2.75, 3.05) is 6.61 Å². The summed E-state index contributed by atoms with van der Waals surface area (Å²) in [6.45, 7) is 7.48. The average Bonchev–Trinajstić information content (AvgIpc) is 2.50. The summed E-state index contributed by atoms with van der Waals surface area (Å²) in [7, 11) is 0. The fourth-order valence-electron chi connectivity index (χ4n) is 2.38. The van der Waals surface area contributed by atoms with Crippen molar-refractivity contribution in [2.24, 2.45) is 5.92 Å². The number of carbonyl (C=O) groups is 2. The summed E-state index contributed by atoms with van der Waals surface area (Å²) in [6, 6.07) is 10.4. The third-order valence-corrected chi connectivity index (χ3v) is 3.64. The molecule has 1 rings (SSSR count). The topological polar surface area (TPSA) is 43.4 Å². The monoisotopic (exact) mass is 302 g/mol. The minimum atomic E-state index is -0.693. The average molecular weight is 302 g/mol. The summed E-state index contributed by atoms with van der Waals surface area (Å²) in [5, 5.41) is 0. The molecule has 0 fully saturated rings. The van der Waals surface area contributed by atoms with Crippen molar-refractivity contribution >= 4 is 11.8 Å². The highest BCUT2D eigenvalue weighted by molar-refractivity contribution is 5.97. The fourth-order valence-corrected chi connectivity index (χ4v) is 2.38. The van der Waals surface area contributed by atoms with E-state index in [2.05, 4.69) is 18.7 Å². The van der Waals surface area contributed by atoms with Gasteiger partial charge in [-0.2, -0.15) is 0 Å². The second-order valence-corrected chi connectivity index (χ2v) is 5.56. The molecule has 120 valence electrons. The van der Waals surface area contributed by atoms with E-state index in [1.54, 1.807) is 6.92 Å². The van der Waals surface area contributed by atoms with Gasteiger partial charge in [-0.05, 0) is 51.5 Å². The van der Waals surface area contributed by atoms with Gasteiger partial charge in [-0.1, -0.05) is 42.5 Å². The molecule has 3 nitrogen and oxygen atoms in total. The summed E-state index contributed by atoms with van der Waals surface area (Å²) in [5.74, 6) is -1.27. The fraction of sp³-hybridized carbons (Fsp3) is 0.474. The summed E-state index contributed by atoms with van der Waals surface area (Å²) in [4.78, 5) is 23.3. The van der Waals surface area contributed by atoms with Gasteiger partial charge in [0.15, 0.2) is 0 Å². The Labute approximate surface area is 133 Å². The van der Waals surface area contributed by atoms with E-state index in [1.807, 2.05) is 18.2 Å². The van der Waals surface area contributed by atoms with Crippen LogP contribution in [0, 0.1) is 5.92 Å². The van der Waals surface area contributed by atoms with E-state index in [4.69, 9.17) is 4.74 Å². The third kappa shape index (κ3) is 6.70. The van der Waals surface area contributed by atoms with Gasteiger partial charge in [-0.25, -0.2) is 0 Å². The molecule has 0 aromatic heterocycles. The van der Waals surface area contributed by atoms with Crippen LogP contribution in [-0.4, -0.2) is 18.4 Å². The Kier molecular flexibility index (Phi) is 8.19. The van der Waals surface area contributed by atoms with Gasteiger partial charge in [0.05, 0.1) is 6.61 Å². The number of ether oxygens (including phenoxy) is 1. The number of rotatable bonds is 10. The summed E-state index contributed by atoms with van der Waals surface area (Å²) in [5.41, 5.74) is 2.28. The molecule has 0 aliphatic carbocycles. The number of Topliss-reactive ketones (excluding diaryl/α,β-unsaturated/α-hetero) is 1. The third-order valence-electron chi connectivity index (χ3n) is 3.64. The first-order chi connectivity index (χ1) is 10.5. The normalized spacial score (nSPS) is 11.7. The molecule has 3 heteroatoms. The lowest BCUT2D eigenvalue weighted by Crippen LogP contribution is -2.24. The van der Waals surface area contributed by atoms with Gasteiger partial charge < -0.3 is 4.74 Å². The second-order valence-electron chi connectivity index (χ2n) is 5.56. The van der Waals surface area contributed by atoms with E-state index >= 15 is 0 Å². The number of hydrogen-bond donors (Lipinski definition) is 0. The van der Waals surface area contributed by atoms with Gasteiger partial charge in [0.2, 0.25) is 0 Å². The molecule has 0 amide bonds. The zero-order chi connectivity index (χ0) is 16.4. The Balaban J connectivity index is 2.32. The minimum Gasteiger partial charge on any atom is -0.465 e. The van der Waals surface area contributed by atoms with E-state index in [9.17, 15) is 9.59 Å². The first-order valence-corrected chi connectivity index (χ1v) is 7.92. The number of benzene rings is 1. The molecule has 1 aromatic carbocycles. The molecule has 0 aliphatic heterocycles. The van der Waals surface area contributed by atoms with Crippen molar-refractivity contribution in [1.29, 1.82) is 0 Å². The highest BCUT2D eigenvalue weighted by atomic mass is 16.5. The van der Waals surface area contributed by atoms with Crippen LogP contribution in [0.3, 0.4) is 0 Å². The lowest BCUT2D eigenvalue weighted by molar-refractivity contribution is -0.151. The molecule has 1 atom stereocenters. The number of carbonyl (C=O) groups excluding carboxylic acids is 2. The predicted octanol–water partition coefficient (Wildman–Crippen LogP) is 4.11. The molecule has 0 aliphatic rings. The smallest absolute Gasteiger partial charge is 0.316 e. The Hall–Kier alpha value is -1.90. The molecule has 0 heterocycles. The zero-order valence-electron chi connectivity index (χ0n) is 13.6. The van der Waals surface area contributed by atoms with Crippen LogP contribution in [0.25, 0.3) is 0 Å². The molecule has 0 N–H and O–H groups in total. The Morgan fingerprint density at radius 1 is 1.18 bits per heavy atom. The van der Waals surface area contributed by atoms with Gasteiger partial charge in [-0.3, -0.25) is 9.59 Å². The van der Waals surface area contributed by atoms with E-state index in [-0.39, 0.29) is 5.78 Å². The van der Waals surface area contributed by atoms with Crippen molar-refractivity contribution in [3.8, 4) is 0 Å². The highest BCUT2D eigenvalue weighted by Gasteiger charge is 2.25. The maximum absolute atomic E-state index is 11.8. The lowest BCUT2D eigenvalue weighted by atomic mass is 9.93. The number of ketones is 1. The van der Waals surface area contributed by atoms with Crippen LogP contribution in [0.4, 0.5) is 0 Å². The van der Waals surface area contributed by atoms with Gasteiger partial charge in [0.1, 0.15) is 11.7 Å². The van der Waals surface area contributed by atoms with Gasteiger partial charge in [0.25, 0.3) is 0 Å². The second kappa shape index (κ2) is 9.93. The SMILES string of the molecule is C=C(CCCCc1ccccc1)CC(C(C)=O)C(=O)OCC. The van der Waals surface area contributed by atoms with E-state index in [1.165, 1.54) is 12.5 Å². The van der Waals surface area contributed by atoms with Gasteiger partial charge in [0, 0.05) is 0 Å². The first-order valence-electron chi connectivity index (χ1n) is 7.92. The number of aryl methyl sites for hydroxylation is 1. The van der Waals surface area contributed by atoms with E-state index in [0.717, 1.165) is 31.3 Å². The molecule has 0 spiro atoms. The number of allylic oxidation sites excluding steroid dienone is 1. The summed E-state index contributed by atoms with van der Waals surface area (Å²) >= 11 is 0. The van der Waals surface area contributed by atoms with E-state index in [0.29, 0.717) is 13.0 Å². The Bertz CT molecular complexity index is 491. The van der Waals surface area contributed by atoms with Crippen LogP contribution in [0.5, 0.6) is 0 Å². The molecule has 1 unspecified atom stereocenters. The lowest BCUT2D eigenvalue weighted by Gasteiger charge is -2.14. The number of esters is 1. The van der Waals surface area contributed by atoms with Crippen LogP contribution in [0.1, 0.15) is 45.1 Å². The minimum absolute atomic E-state index is 0.149. The standard InChI is InChI=1S/C19H26O3/c1-4-22-19(21)18(16(3)20)14-15(2)10-8-9-13-17-11-6-5-7-12-17/h5-7,11-12,18H,2,4,8-10,13-14H2,1,3H3. The Morgan fingerprint density at radius 2 is 1.86 bits per heavy atom. The highest BCUT2D eigenvalue weighted by Crippen LogP contribution is 2.19.